The van der Waals surface area contributed by atoms with Crippen LogP contribution in [0.4, 0.5) is 4.39 Å². The topological polar surface area (TPSA) is 75.6 Å². The van der Waals surface area contributed by atoms with Crippen LogP contribution in [0.15, 0.2) is 103 Å². The van der Waals surface area contributed by atoms with Gasteiger partial charge in [0.15, 0.2) is 11.6 Å². The SMILES string of the molecule is O=C(NC(Cc1ccccc1)C(=O)O)c1ccc(-c2ccc(OCc3ccccc3)c(F)c2)cc1. The molecule has 6 heteroatoms. The summed E-state index contributed by atoms with van der Waals surface area (Å²) < 4.78 is 20.2. The van der Waals surface area contributed by atoms with Crippen LogP contribution < -0.4 is 10.1 Å². The van der Waals surface area contributed by atoms with E-state index in [1.165, 1.54) is 6.07 Å². The van der Waals surface area contributed by atoms with Gasteiger partial charge < -0.3 is 15.2 Å². The summed E-state index contributed by atoms with van der Waals surface area (Å²) in [6, 6.07) is 28.8. The number of hydrogen-bond acceptors (Lipinski definition) is 3. The monoisotopic (exact) mass is 469 g/mol. The second-order valence-corrected chi connectivity index (χ2v) is 8.05. The molecule has 0 aromatic heterocycles. The maximum atomic E-state index is 14.6. The average Bonchev–Trinajstić information content (AvgIpc) is 2.89. The summed E-state index contributed by atoms with van der Waals surface area (Å²) >= 11 is 0. The lowest BCUT2D eigenvalue weighted by Gasteiger charge is -2.15. The van der Waals surface area contributed by atoms with Gasteiger partial charge in [0.25, 0.3) is 5.91 Å². The minimum absolute atomic E-state index is 0.159. The molecule has 0 fully saturated rings. The Bertz CT molecular complexity index is 1290. The molecule has 0 bridgehead atoms. The zero-order valence-electron chi connectivity index (χ0n) is 18.9. The summed E-state index contributed by atoms with van der Waals surface area (Å²) in [4.78, 5) is 24.3. The number of carboxylic acid groups (broad SMARTS) is 1. The number of carbonyl (C=O) groups excluding carboxylic acids is 1. The van der Waals surface area contributed by atoms with Gasteiger partial charge in [-0.15, -0.1) is 0 Å². The minimum atomic E-state index is -1.11. The fraction of sp³-hybridized carbons (Fsp3) is 0.103. The van der Waals surface area contributed by atoms with Crippen LogP contribution in [0.2, 0.25) is 0 Å². The van der Waals surface area contributed by atoms with Crippen molar-refractivity contribution in [2.45, 2.75) is 19.1 Å². The van der Waals surface area contributed by atoms with Crippen molar-refractivity contribution < 1.29 is 23.8 Å². The fourth-order valence-electron chi connectivity index (χ4n) is 3.64. The molecular formula is C29H24FNO4. The Morgan fingerprint density at radius 3 is 2.00 bits per heavy atom. The molecule has 4 aromatic carbocycles. The average molecular weight is 470 g/mol. The number of amides is 1. The van der Waals surface area contributed by atoms with Crippen LogP contribution in [-0.2, 0) is 17.8 Å². The number of aliphatic carboxylic acids is 1. The molecule has 5 nitrogen and oxygen atoms in total. The van der Waals surface area contributed by atoms with Crippen molar-refractivity contribution in [1.29, 1.82) is 0 Å². The molecule has 1 atom stereocenters. The quantitative estimate of drug-likeness (QED) is 0.340. The Balaban J connectivity index is 1.40. The van der Waals surface area contributed by atoms with Crippen LogP contribution in [0, 0.1) is 5.82 Å². The van der Waals surface area contributed by atoms with Crippen LogP contribution in [-0.4, -0.2) is 23.0 Å². The highest BCUT2D eigenvalue weighted by atomic mass is 19.1. The molecule has 176 valence electrons. The van der Waals surface area contributed by atoms with Crippen LogP contribution in [0.3, 0.4) is 0 Å². The number of carbonyl (C=O) groups is 2. The molecule has 4 aromatic rings. The first-order chi connectivity index (χ1) is 17.0. The van der Waals surface area contributed by atoms with E-state index >= 15 is 0 Å². The van der Waals surface area contributed by atoms with Crippen LogP contribution in [0.5, 0.6) is 5.75 Å². The third-order valence-electron chi connectivity index (χ3n) is 5.54. The van der Waals surface area contributed by atoms with Gasteiger partial charge >= 0.3 is 5.97 Å². The molecule has 1 unspecified atom stereocenters. The summed E-state index contributed by atoms with van der Waals surface area (Å²) in [5.74, 6) is -1.92. The van der Waals surface area contributed by atoms with Crippen molar-refractivity contribution in [2.24, 2.45) is 0 Å². The molecule has 0 heterocycles. The molecule has 0 aliphatic heterocycles. The zero-order valence-corrected chi connectivity index (χ0v) is 18.9. The standard InChI is InChI=1S/C29H24FNO4/c30-25-18-24(15-16-27(25)35-19-21-9-5-2-6-10-21)22-11-13-23(14-12-22)28(32)31-26(29(33)34)17-20-7-3-1-4-8-20/h1-16,18,26H,17,19H2,(H,31,32)(H,33,34). The van der Waals surface area contributed by atoms with E-state index in [4.69, 9.17) is 4.74 Å². The Labute approximate surface area is 202 Å². The molecule has 2 N–H and O–H groups in total. The first-order valence-corrected chi connectivity index (χ1v) is 11.1. The lowest BCUT2D eigenvalue weighted by molar-refractivity contribution is -0.139. The number of halogens is 1. The van der Waals surface area contributed by atoms with Gasteiger partial charge in [-0.1, -0.05) is 78.9 Å². The molecule has 0 aliphatic rings. The van der Waals surface area contributed by atoms with Crippen molar-refractivity contribution in [3.63, 3.8) is 0 Å². The number of rotatable bonds is 9. The molecule has 0 aliphatic carbocycles. The van der Waals surface area contributed by atoms with Crippen LogP contribution in [0.25, 0.3) is 11.1 Å². The molecule has 0 saturated heterocycles. The second-order valence-electron chi connectivity index (χ2n) is 8.05. The van der Waals surface area contributed by atoms with E-state index < -0.39 is 23.7 Å². The summed E-state index contributed by atoms with van der Waals surface area (Å²) in [5.41, 5.74) is 3.42. The maximum Gasteiger partial charge on any atom is 0.326 e. The number of nitrogens with one attached hydrogen (secondary N) is 1. The molecule has 35 heavy (non-hydrogen) atoms. The minimum Gasteiger partial charge on any atom is -0.486 e. The van der Waals surface area contributed by atoms with E-state index in [1.54, 1.807) is 36.4 Å². The number of hydrogen-bond donors (Lipinski definition) is 2. The summed E-state index contributed by atoms with van der Waals surface area (Å²) in [6.07, 6.45) is 0.179. The Hall–Kier alpha value is -4.45. The van der Waals surface area contributed by atoms with E-state index in [-0.39, 0.29) is 18.8 Å². The number of carboxylic acids is 1. The fourth-order valence-corrected chi connectivity index (χ4v) is 3.64. The van der Waals surface area contributed by atoms with Gasteiger partial charge in [0.1, 0.15) is 12.6 Å². The van der Waals surface area contributed by atoms with E-state index in [1.807, 2.05) is 60.7 Å². The van der Waals surface area contributed by atoms with Crippen molar-refractivity contribution in [3.05, 3.63) is 126 Å². The first kappa shape index (κ1) is 23.7. The van der Waals surface area contributed by atoms with Gasteiger partial charge in [-0.3, -0.25) is 4.79 Å². The second kappa shape index (κ2) is 11.1. The molecular weight excluding hydrogens is 445 g/mol. The highest BCUT2D eigenvalue weighted by molar-refractivity contribution is 5.97. The van der Waals surface area contributed by atoms with Crippen LogP contribution in [0.1, 0.15) is 21.5 Å². The van der Waals surface area contributed by atoms with Gasteiger partial charge in [0, 0.05) is 12.0 Å². The normalized spacial score (nSPS) is 11.5. The third kappa shape index (κ3) is 6.32. The van der Waals surface area contributed by atoms with Crippen molar-refractivity contribution in [3.8, 4) is 16.9 Å². The molecule has 1 amide bonds. The van der Waals surface area contributed by atoms with Gasteiger partial charge in [-0.2, -0.15) is 0 Å². The van der Waals surface area contributed by atoms with Gasteiger partial charge in [0.2, 0.25) is 0 Å². The van der Waals surface area contributed by atoms with Gasteiger partial charge in [0.05, 0.1) is 0 Å². The van der Waals surface area contributed by atoms with Crippen molar-refractivity contribution >= 4 is 11.9 Å². The molecule has 4 rings (SSSR count). The van der Waals surface area contributed by atoms with E-state index in [2.05, 4.69) is 5.32 Å². The van der Waals surface area contributed by atoms with Crippen molar-refractivity contribution in [1.82, 2.24) is 5.32 Å². The number of benzene rings is 4. The predicted octanol–water partition coefficient (Wildman–Crippen LogP) is 5.50. The van der Waals surface area contributed by atoms with E-state index in [9.17, 15) is 19.1 Å². The van der Waals surface area contributed by atoms with E-state index in [0.717, 1.165) is 11.1 Å². The molecule has 0 radical (unpaired) electrons. The highest BCUT2D eigenvalue weighted by Gasteiger charge is 2.21. The smallest absolute Gasteiger partial charge is 0.326 e. The Morgan fingerprint density at radius 2 is 1.40 bits per heavy atom. The largest absolute Gasteiger partial charge is 0.486 e. The Morgan fingerprint density at radius 1 is 0.800 bits per heavy atom. The van der Waals surface area contributed by atoms with Gasteiger partial charge in [-0.25, -0.2) is 9.18 Å². The number of ether oxygens (including phenoxy) is 1. The first-order valence-electron chi connectivity index (χ1n) is 11.1. The third-order valence-corrected chi connectivity index (χ3v) is 5.54. The molecule has 0 saturated carbocycles. The maximum absolute atomic E-state index is 14.6. The molecule has 0 spiro atoms. The Kier molecular flexibility index (Phi) is 7.53. The highest BCUT2D eigenvalue weighted by Crippen LogP contribution is 2.26. The predicted molar refractivity (Wildman–Crippen MR) is 132 cm³/mol. The summed E-state index contributed by atoms with van der Waals surface area (Å²) in [7, 11) is 0. The lowest BCUT2D eigenvalue weighted by Crippen LogP contribution is -2.42. The van der Waals surface area contributed by atoms with Crippen molar-refractivity contribution in [2.75, 3.05) is 0 Å². The summed E-state index contributed by atoms with van der Waals surface area (Å²) in [6.45, 7) is 0.266. The van der Waals surface area contributed by atoms with Crippen LogP contribution >= 0.6 is 0 Å². The van der Waals surface area contributed by atoms with Gasteiger partial charge in [-0.05, 0) is 46.5 Å². The lowest BCUT2D eigenvalue weighted by atomic mass is 10.0. The zero-order chi connectivity index (χ0) is 24.6. The van der Waals surface area contributed by atoms with E-state index in [0.29, 0.717) is 16.7 Å². The summed E-state index contributed by atoms with van der Waals surface area (Å²) in [5, 5.41) is 12.1.